The lowest BCUT2D eigenvalue weighted by molar-refractivity contribution is -0.141. The Labute approximate surface area is 201 Å². The van der Waals surface area contributed by atoms with Gasteiger partial charge in [0.15, 0.2) is 0 Å². The summed E-state index contributed by atoms with van der Waals surface area (Å²) in [7, 11) is 0. The van der Waals surface area contributed by atoms with Gasteiger partial charge in [-0.15, -0.1) is 0 Å². The predicted molar refractivity (Wildman–Crippen MR) is 134 cm³/mol. The molecule has 0 aliphatic heterocycles. The molecule has 0 spiro atoms. The van der Waals surface area contributed by atoms with Crippen molar-refractivity contribution in [3.63, 3.8) is 0 Å². The van der Waals surface area contributed by atoms with Gasteiger partial charge in [-0.3, -0.25) is 9.59 Å². The van der Waals surface area contributed by atoms with Crippen molar-refractivity contribution >= 4 is 23.4 Å². The van der Waals surface area contributed by atoms with Gasteiger partial charge in [0.1, 0.15) is 6.04 Å². The van der Waals surface area contributed by atoms with Gasteiger partial charge in [0.2, 0.25) is 11.8 Å². The fourth-order valence-corrected chi connectivity index (χ4v) is 4.05. The number of carbonyl (C=O) groups is 2. The highest BCUT2D eigenvalue weighted by Gasteiger charge is 2.31. The molecule has 33 heavy (non-hydrogen) atoms. The van der Waals surface area contributed by atoms with Crippen LogP contribution >= 0.6 is 11.6 Å². The van der Waals surface area contributed by atoms with Crippen LogP contribution in [0, 0.1) is 6.92 Å². The summed E-state index contributed by atoms with van der Waals surface area (Å²) in [6.07, 6.45) is 0.660. The zero-order chi connectivity index (χ0) is 23.8. The van der Waals surface area contributed by atoms with Crippen molar-refractivity contribution in [3.05, 3.63) is 106 Å². The van der Waals surface area contributed by atoms with Gasteiger partial charge in [-0.2, -0.15) is 0 Å². The molecule has 3 aromatic carbocycles. The monoisotopic (exact) mass is 462 g/mol. The van der Waals surface area contributed by atoms with Crippen molar-refractivity contribution in [2.45, 2.75) is 52.2 Å². The van der Waals surface area contributed by atoms with Crippen LogP contribution in [0.25, 0.3) is 0 Å². The van der Waals surface area contributed by atoms with E-state index in [1.165, 1.54) is 0 Å². The Morgan fingerprint density at radius 3 is 2.24 bits per heavy atom. The normalized spacial score (nSPS) is 11.8. The molecule has 5 heteroatoms. The summed E-state index contributed by atoms with van der Waals surface area (Å²) in [5.41, 5.74) is 3.90. The van der Waals surface area contributed by atoms with E-state index >= 15 is 0 Å². The fourth-order valence-electron chi connectivity index (χ4n) is 3.84. The van der Waals surface area contributed by atoms with Crippen LogP contribution in [-0.4, -0.2) is 28.8 Å². The van der Waals surface area contributed by atoms with Crippen molar-refractivity contribution in [2.75, 3.05) is 0 Å². The van der Waals surface area contributed by atoms with Crippen LogP contribution in [0.4, 0.5) is 0 Å². The van der Waals surface area contributed by atoms with E-state index in [9.17, 15) is 9.59 Å². The van der Waals surface area contributed by atoms with Gasteiger partial charge in [0, 0.05) is 24.0 Å². The van der Waals surface area contributed by atoms with Crippen LogP contribution < -0.4 is 5.32 Å². The number of halogens is 1. The van der Waals surface area contributed by atoms with Gasteiger partial charge >= 0.3 is 0 Å². The largest absolute Gasteiger partial charge is 0.352 e. The lowest BCUT2D eigenvalue weighted by Gasteiger charge is -2.32. The van der Waals surface area contributed by atoms with E-state index in [2.05, 4.69) is 5.32 Å². The Morgan fingerprint density at radius 2 is 1.58 bits per heavy atom. The van der Waals surface area contributed by atoms with Crippen LogP contribution in [0.2, 0.25) is 5.02 Å². The molecule has 0 saturated carbocycles. The third-order valence-corrected chi connectivity index (χ3v) is 5.78. The molecule has 0 aliphatic rings. The van der Waals surface area contributed by atoms with Crippen molar-refractivity contribution in [1.82, 2.24) is 10.2 Å². The Bertz CT molecular complexity index is 1080. The molecule has 1 atom stereocenters. The zero-order valence-electron chi connectivity index (χ0n) is 19.4. The second kappa shape index (κ2) is 11.7. The summed E-state index contributed by atoms with van der Waals surface area (Å²) < 4.78 is 0. The first kappa shape index (κ1) is 24.5. The molecule has 0 heterocycles. The maximum atomic E-state index is 13.7. The van der Waals surface area contributed by atoms with Crippen LogP contribution in [-0.2, 0) is 29.0 Å². The Hall–Kier alpha value is -3.11. The lowest BCUT2D eigenvalue weighted by Crippen LogP contribution is -2.52. The number of nitrogens with zero attached hydrogens (tertiary/aromatic N) is 1. The van der Waals surface area contributed by atoms with Gasteiger partial charge in [-0.05, 0) is 55.2 Å². The first-order valence-electron chi connectivity index (χ1n) is 11.3. The second-order valence-corrected chi connectivity index (χ2v) is 9.06. The van der Waals surface area contributed by atoms with Crippen LogP contribution in [0.15, 0.2) is 78.9 Å². The van der Waals surface area contributed by atoms with E-state index in [1.807, 2.05) is 93.6 Å². The minimum absolute atomic E-state index is 0.0322. The number of rotatable bonds is 9. The van der Waals surface area contributed by atoms with E-state index < -0.39 is 6.04 Å². The fraction of sp³-hybridized carbons (Fsp3) is 0.286. The SMILES string of the molecule is Cc1ccccc1CC(=O)N(Cc1cccc(Cl)c1)C(Cc1ccccc1)C(=O)NC(C)C. The van der Waals surface area contributed by atoms with Gasteiger partial charge in [-0.1, -0.05) is 78.3 Å². The number of carbonyl (C=O) groups excluding carboxylic acids is 2. The van der Waals surface area contributed by atoms with Gasteiger partial charge < -0.3 is 10.2 Å². The number of hydrogen-bond donors (Lipinski definition) is 1. The van der Waals surface area contributed by atoms with Crippen LogP contribution in [0.1, 0.15) is 36.1 Å². The number of aryl methyl sites for hydroxylation is 1. The molecule has 2 amide bonds. The van der Waals surface area contributed by atoms with Gasteiger partial charge in [0.25, 0.3) is 0 Å². The first-order chi connectivity index (χ1) is 15.8. The Balaban J connectivity index is 1.98. The molecular weight excluding hydrogens is 432 g/mol. The first-order valence-corrected chi connectivity index (χ1v) is 11.6. The summed E-state index contributed by atoms with van der Waals surface area (Å²) in [5.74, 6) is -0.252. The third kappa shape index (κ3) is 7.19. The number of benzene rings is 3. The Morgan fingerprint density at radius 1 is 0.909 bits per heavy atom. The maximum absolute atomic E-state index is 13.7. The molecule has 1 unspecified atom stereocenters. The molecule has 0 fully saturated rings. The minimum Gasteiger partial charge on any atom is -0.352 e. The molecule has 0 radical (unpaired) electrons. The van der Waals surface area contributed by atoms with E-state index in [-0.39, 0.29) is 24.3 Å². The highest BCUT2D eigenvalue weighted by atomic mass is 35.5. The number of hydrogen-bond acceptors (Lipinski definition) is 2. The van der Waals surface area contributed by atoms with Crippen LogP contribution in [0.5, 0.6) is 0 Å². The molecule has 4 nitrogen and oxygen atoms in total. The molecule has 0 aliphatic carbocycles. The summed E-state index contributed by atoms with van der Waals surface area (Å²) >= 11 is 6.22. The molecule has 3 aromatic rings. The molecule has 3 rings (SSSR count). The average molecular weight is 463 g/mol. The highest BCUT2D eigenvalue weighted by Crippen LogP contribution is 2.19. The predicted octanol–water partition coefficient (Wildman–Crippen LogP) is 5.36. The van der Waals surface area contributed by atoms with E-state index in [0.717, 1.165) is 22.3 Å². The highest BCUT2D eigenvalue weighted by molar-refractivity contribution is 6.30. The molecular formula is C28H31ClN2O2. The van der Waals surface area contributed by atoms with Crippen molar-refractivity contribution in [3.8, 4) is 0 Å². The third-order valence-electron chi connectivity index (χ3n) is 5.55. The summed E-state index contributed by atoms with van der Waals surface area (Å²) in [5, 5.41) is 3.61. The van der Waals surface area contributed by atoms with Crippen molar-refractivity contribution in [1.29, 1.82) is 0 Å². The minimum atomic E-state index is -0.648. The number of nitrogens with one attached hydrogen (secondary N) is 1. The Kier molecular flexibility index (Phi) is 8.67. The molecule has 0 saturated heterocycles. The summed E-state index contributed by atoms with van der Waals surface area (Å²) in [6, 6.07) is 24.4. The van der Waals surface area contributed by atoms with E-state index in [4.69, 9.17) is 11.6 Å². The lowest BCUT2D eigenvalue weighted by atomic mass is 10.00. The van der Waals surface area contributed by atoms with Gasteiger partial charge in [0.05, 0.1) is 6.42 Å². The standard InChI is InChI=1S/C28H31ClN2O2/c1-20(2)30-28(33)26(17-22-11-5-4-6-12-22)31(19-23-13-9-15-25(29)16-23)27(32)18-24-14-8-7-10-21(24)3/h4-16,20,26H,17-19H2,1-3H3,(H,30,33). The topological polar surface area (TPSA) is 49.4 Å². The van der Waals surface area contributed by atoms with Crippen molar-refractivity contribution in [2.24, 2.45) is 0 Å². The van der Waals surface area contributed by atoms with Crippen molar-refractivity contribution < 1.29 is 9.59 Å². The summed E-state index contributed by atoms with van der Waals surface area (Å²) in [6.45, 7) is 6.15. The smallest absolute Gasteiger partial charge is 0.243 e. The molecule has 0 aromatic heterocycles. The van der Waals surface area contributed by atoms with E-state index in [0.29, 0.717) is 18.0 Å². The number of amides is 2. The molecule has 172 valence electrons. The second-order valence-electron chi connectivity index (χ2n) is 8.62. The zero-order valence-corrected chi connectivity index (χ0v) is 20.2. The molecule has 1 N–H and O–H groups in total. The summed E-state index contributed by atoms with van der Waals surface area (Å²) in [4.78, 5) is 28.7. The quantitative estimate of drug-likeness (QED) is 0.465. The van der Waals surface area contributed by atoms with E-state index in [1.54, 1.807) is 11.0 Å². The molecule has 0 bridgehead atoms. The van der Waals surface area contributed by atoms with Gasteiger partial charge in [-0.25, -0.2) is 0 Å². The van der Waals surface area contributed by atoms with Crippen LogP contribution in [0.3, 0.4) is 0 Å². The average Bonchev–Trinajstić information content (AvgIpc) is 2.78. The maximum Gasteiger partial charge on any atom is 0.243 e.